The summed E-state index contributed by atoms with van der Waals surface area (Å²) in [5.41, 5.74) is -1.24. The standard InChI is InChI=1S/C9H4F2N2O3/c10-3-1-2-4-5(6(3)11)8(14)13-7(12-4)9(15)16/h1-2H,(H,15,16)(H,12,13,14). The molecule has 7 heteroatoms. The first-order valence-corrected chi connectivity index (χ1v) is 4.12. The second kappa shape index (κ2) is 3.37. The van der Waals surface area contributed by atoms with Crippen LogP contribution in [0.4, 0.5) is 8.78 Å². The average Bonchev–Trinajstić information content (AvgIpc) is 2.22. The summed E-state index contributed by atoms with van der Waals surface area (Å²) >= 11 is 0. The number of H-pyrrole nitrogens is 1. The number of aromatic carboxylic acids is 1. The first kappa shape index (κ1) is 10.2. The van der Waals surface area contributed by atoms with Crippen LogP contribution in [0.2, 0.25) is 0 Å². The highest BCUT2D eigenvalue weighted by Crippen LogP contribution is 2.14. The zero-order valence-electron chi connectivity index (χ0n) is 7.62. The van der Waals surface area contributed by atoms with Crippen molar-refractivity contribution in [3.05, 3.63) is 39.9 Å². The minimum atomic E-state index is -1.45. The number of benzene rings is 1. The van der Waals surface area contributed by atoms with Gasteiger partial charge in [-0.3, -0.25) is 4.79 Å². The Bertz CT molecular complexity index is 651. The van der Waals surface area contributed by atoms with E-state index < -0.39 is 34.4 Å². The lowest BCUT2D eigenvalue weighted by atomic mass is 10.2. The van der Waals surface area contributed by atoms with Gasteiger partial charge in [-0.15, -0.1) is 0 Å². The van der Waals surface area contributed by atoms with E-state index in [2.05, 4.69) is 4.98 Å². The van der Waals surface area contributed by atoms with Gasteiger partial charge in [-0.1, -0.05) is 0 Å². The molecule has 2 aromatic rings. The number of hydrogen-bond acceptors (Lipinski definition) is 3. The van der Waals surface area contributed by atoms with Crippen molar-refractivity contribution in [2.75, 3.05) is 0 Å². The largest absolute Gasteiger partial charge is 0.475 e. The molecule has 2 rings (SSSR count). The molecule has 2 N–H and O–H groups in total. The molecule has 0 saturated heterocycles. The maximum atomic E-state index is 13.2. The number of halogens is 2. The van der Waals surface area contributed by atoms with Crippen molar-refractivity contribution >= 4 is 16.9 Å². The van der Waals surface area contributed by atoms with Crippen LogP contribution in [-0.2, 0) is 0 Å². The predicted octanol–water partition coefficient (Wildman–Crippen LogP) is 0.899. The van der Waals surface area contributed by atoms with Gasteiger partial charge in [0.05, 0.1) is 5.52 Å². The van der Waals surface area contributed by atoms with Crippen LogP contribution in [0, 0.1) is 11.6 Å². The average molecular weight is 226 g/mol. The van der Waals surface area contributed by atoms with Crippen molar-refractivity contribution in [1.82, 2.24) is 9.97 Å². The molecule has 0 unspecified atom stereocenters. The molecule has 0 radical (unpaired) electrons. The van der Waals surface area contributed by atoms with Gasteiger partial charge >= 0.3 is 5.97 Å². The molecule has 1 aromatic heterocycles. The molecule has 0 saturated carbocycles. The third-order valence-electron chi connectivity index (χ3n) is 1.97. The fourth-order valence-corrected chi connectivity index (χ4v) is 1.27. The molecule has 16 heavy (non-hydrogen) atoms. The summed E-state index contributed by atoms with van der Waals surface area (Å²) in [6, 6.07) is 1.81. The molecule has 0 aliphatic rings. The predicted molar refractivity (Wildman–Crippen MR) is 49.2 cm³/mol. The van der Waals surface area contributed by atoms with Crippen LogP contribution < -0.4 is 5.56 Å². The van der Waals surface area contributed by atoms with E-state index in [-0.39, 0.29) is 5.52 Å². The van der Waals surface area contributed by atoms with E-state index in [1.54, 1.807) is 0 Å². The summed E-state index contributed by atoms with van der Waals surface area (Å²) in [6.07, 6.45) is 0. The van der Waals surface area contributed by atoms with Crippen LogP contribution in [0.25, 0.3) is 10.9 Å². The maximum Gasteiger partial charge on any atom is 0.372 e. The molecule has 1 aromatic carbocycles. The van der Waals surface area contributed by atoms with E-state index in [0.717, 1.165) is 12.1 Å². The van der Waals surface area contributed by atoms with Gasteiger partial charge < -0.3 is 10.1 Å². The summed E-state index contributed by atoms with van der Waals surface area (Å²) in [6.45, 7) is 0. The molecule has 82 valence electrons. The third-order valence-corrected chi connectivity index (χ3v) is 1.97. The second-order valence-corrected chi connectivity index (χ2v) is 2.98. The van der Waals surface area contributed by atoms with Gasteiger partial charge in [-0.25, -0.2) is 18.6 Å². The highest BCUT2D eigenvalue weighted by Gasteiger charge is 2.15. The zero-order valence-corrected chi connectivity index (χ0v) is 7.62. The van der Waals surface area contributed by atoms with Crippen LogP contribution in [0.5, 0.6) is 0 Å². The van der Waals surface area contributed by atoms with E-state index in [1.165, 1.54) is 0 Å². The number of hydrogen-bond donors (Lipinski definition) is 2. The van der Waals surface area contributed by atoms with Crippen molar-refractivity contribution in [3.8, 4) is 0 Å². The summed E-state index contributed by atoms with van der Waals surface area (Å²) in [4.78, 5) is 27.2. The lowest BCUT2D eigenvalue weighted by Gasteiger charge is -2.00. The van der Waals surface area contributed by atoms with Crippen LogP contribution >= 0.6 is 0 Å². The SMILES string of the molecule is O=C(O)c1nc2ccc(F)c(F)c2c(=O)[nH]1. The molecule has 0 spiro atoms. The highest BCUT2D eigenvalue weighted by molar-refractivity contribution is 5.87. The third kappa shape index (κ3) is 1.42. The minimum absolute atomic E-state index is 0.208. The Morgan fingerprint density at radius 2 is 2.06 bits per heavy atom. The van der Waals surface area contributed by atoms with E-state index in [0.29, 0.717) is 0 Å². The Morgan fingerprint density at radius 3 is 2.69 bits per heavy atom. The van der Waals surface area contributed by atoms with Gasteiger partial charge in [0.25, 0.3) is 5.56 Å². The number of fused-ring (bicyclic) bond motifs is 1. The Hall–Kier alpha value is -2.31. The molecule has 5 nitrogen and oxygen atoms in total. The van der Waals surface area contributed by atoms with Gasteiger partial charge in [0, 0.05) is 0 Å². The fraction of sp³-hybridized carbons (Fsp3) is 0. The number of carbonyl (C=O) groups is 1. The second-order valence-electron chi connectivity index (χ2n) is 2.98. The summed E-state index contributed by atoms with van der Waals surface area (Å²) in [5, 5.41) is 8.00. The molecule has 0 fully saturated rings. The quantitative estimate of drug-likeness (QED) is 0.756. The monoisotopic (exact) mass is 226 g/mol. The lowest BCUT2D eigenvalue weighted by Crippen LogP contribution is -2.17. The highest BCUT2D eigenvalue weighted by atomic mass is 19.2. The Kier molecular flexibility index (Phi) is 2.15. The minimum Gasteiger partial charge on any atom is -0.475 e. The van der Waals surface area contributed by atoms with Crippen molar-refractivity contribution in [2.45, 2.75) is 0 Å². The van der Waals surface area contributed by atoms with Crippen LogP contribution in [-0.4, -0.2) is 21.0 Å². The lowest BCUT2D eigenvalue weighted by molar-refractivity contribution is 0.0683. The van der Waals surface area contributed by atoms with Crippen LogP contribution in [0.15, 0.2) is 16.9 Å². The number of nitrogens with zero attached hydrogens (tertiary/aromatic N) is 1. The van der Waals surface area contributed by atoms with Gasteiger partial charge in [0.2, 0.25) is 5.82 Å². The number of carboxylic acid groups (broad SMARTS) is 1. The Labute approximate surface area is 86.4 Å². The first-order chi connectivity index (χ1) is 7.50. The number of carboxylic acids is 1. The van der Waals surface area contributed by atoms with Crippen molar-refractivity contribution in [1.29, 1.82) is 0 Å². The van der Waals surface area contributed by atoms with Crippen molar-refractivity contribution < 1.29 is 18.7 Å². The van der Waals surface area contributed by atoms with Gasteiger partial charge in [0.1, 0.15) is 5.39 Å². The molecular formula is C9H4F2N2O3. The molecule has 0 aliphatic carbocycles. The molecular weight excluding hydrogens is 222 g/mol. The molecule has 0 bridgehead atoms. The fourth-order valence-electron chi connectivity index (χ4n) is 1.27. The van der Waals surface area contributed by atoms with Crippen molar-refractivity contribution in [2.24, 2.45) is 0 Å². The van der Waals surface area contributed by atoms with Gasteiger partial charge in [0.15, 0.2) is 11.6 Å². The Morgan fingerprint density at radius 1 is 1.38 bits per heavy atom. The Balaban J connectivity index is 2.92. The number of aromatic nitrogens is 2. The van der Waals surface area contributed by atoms with Crippen molar-refractivity contribution in [3.63, 3.8) is 0 Å². The zero-order chi connectivity index (χ0) is 11.9. The first-order valence-electron chi connectivity index (χ1n) is 4.12. The number of rotatable bonds is 1. The summed E-state index contributed by atoms with van der Waals surface area (Å²) in [5.74, 6) is -4.61. The van der Waals surface area contributed by atoms with Gasteiger partial charge in [-0.05, 0) is 12.1 Å². The smallest absolute Gasteiger partial charge is 0.372 e. The van der Waals surface area contributed by atoms with E-state index >= 15 is 0 Å². The van der Waals surface area contributed by atoms with Gasteiger partial charge in [-0.2, -0.15) is 0 Å². The maximum absolute atomic E-state index is 13.2. The molecule has 0 atom stereocenters. The van der Waals surface area contributed by atoms with E-state index in [1.807, 2.05) is 4.98 Å². The molecule has 0 aliphatic heterocycles. The molecule has 0 amide bonds. The normalized spacial score (nSPS) is 10.6. The van der Waals surface area contributed by atoms with Crippen LogP contribution in [0.1, 0.15) is 10.6 Å². The topological polar surface area (TPSA) is 83.0 Å². The summed E-state index contributed by atoms with van der Waals surface area (Å²) < 4.78 is 26.0. The van der Waals surface area contributed by atoms with E-state index in [9.17, 15) is 18.4 Å². The summed E-state index contributed by atoms with van der Waals surface area (Å²) in [7, 11) is 0. The van der Waals surface area contributed by atoms with Crippen LogP contribution in [0.3, 0.4) is 0 Å². The van der Waals surface area contributed by atoms with E-state index in [4.69, 9.17) is 5.11 Å². The number of nitrogens with one attached hydrogen (secondary N) is 1. The molecule has 1 heterocycles. The number of aromatic amines is 1.